The molecule has 1 N–H and O–H groups in total. The minimum Gasteiger partial charge on any atom is -0.317 e. The molecule has 2 saturated heterocycles. The van der Waals surface area contributed by atoms with Crippen molar-refractivity contribution in [3.63, 3.8) is 0 Å². The lowest BCUT2D eigenvalue weighted by molar-refractivity contribution is 0.0263. The summed E-state index contributed by atoms with van der Waals surface area (Å²) < 4.78 is 0. The lowest BCUT2D eigenvalue weighted by atomic mass is 9.84. The molecule has 3 heteroatoms. The molecule has 2 aliphatic rings. The Kier molecular flexibility index (Phi) is 4.68. The number of hydrogen-bond donors (Lipinski definition) is 1. The first-order valence-electron chi connectivity index (χ1n) is 7.66. The third-order valence-electron chi connectivity index (χ3n) is 5.16. The molecule has 0 amide bonds. The van der Waals surface area contributed by atoms with Crippen molar-refractivity contribution < 1.29 is 0 Å². The Bertz CT molecular complexity index is 264. The Hall–Kier alpha value is -0.120. The van der Waals surface area contributed by atoms with Crippen molar-refractivity contribution in [3.05, 3.63) is 0 Å². The van der Waals surface area contributed by atoms with Gasteiger partial charge < -0.3 is 5.32 Å². The second-order valence-corrected chi connectivity index (χ2v) is 6.92. The van der Waals surface area contributed by atoms with Crippen molar-refractivity contribution >= 4 is 0 Å². The number of nitrogens with one attached hydrogen (secondary N) is 1. The normalized spacial score (nSPS) is 29.0. The van der Waals surface area contributed by atoms with Gasteiger partial charge in [0.1, 0.15) is 0 Å². The van der Waals surface area contributed by atoms with Gasteiger partial charge in [0.15, 0.2) is 0 Å². The quantitative estimate of drug-likeness (QED) is 0.824. The molecule has 18 heavy (non-hydrogen) atoms. The Morgan fingerprint density at radius 3 is 2.72 bits per heavy atom. The van der Waals surface area contributed by atoms with Crippen molar-refractivity contribution in [1.29, 1.82) is 0 Å². The van der Waals surface area contributed by atoms with Crippen molar-refractivity contribution in [3.8, 4) is 0 Å². The second kappa shape index (κ2) is 5.89. The van der Waals surface area contributed by atoms with Gasteiger partial charge in [-0.05, 0) is 38.8 Å². The molecule has 0 bridgehead atoms. The zero-order valence-electron chi connectivity index (χ0n) is 12.7. The SMILES string of the molecule is CNC(C)C(C)(C)CN1CCN2CCCCC2C1. The molecule has 0 aromatic heterocycles. The fourth-order valence-corrected chi connectivity index (χ4v) is 3.47. The van der Waals surface area contributed by atoms with Gasteiger partial charge in [0, 0.05) is 38.3 Å². The standard InChI is InChI=1S/C15H31N3/c1-13(16-4)15(2,3)12-17-9-10-18-8-6-5-7-14(18)11-17/h13-14,16H,5-12H2,1-4H3. The summed E-state index contributed by atoms with van der Waals surface area (Å²) in [4.78, 5) is 5.41. The first-order chi connectivity index (χ1) is 8.53. The van der Waals surface area contributed by atoms with Crippen LogP contribution >= 0.6 is 0 Å². The van der Waals surface area contributed by atoms with Crippen LogP contribution in [0.15, 0.2) is 0 Å². The third kappa shape index (κ3) is 3.25. The molecule has 0 aliphatic carbocycles. The van der Waals surface area contributed by atoms with Crippen LogP contribution in [0.2, 0.25) is 0 Å². The largest absolute Gasteiger partial charge is 0.317 e. The fourth-order valence-electron chi connectivity index (χ4n) is 3.47. The van der Waals surface area contributed by atoms with Crippen LogP contribution in [0.25, 0.3) is 0 Å². The number of nitrogens with zero attached hydrogens (tertiary/aromatic N) is 2. The van der Waals surface area contributed by atoms with Crippen LogP contribution in [0.1, 0.15) is 40.0 Å². The molecule has 2 rings (SSSR count). The van der Waals surface area contributed by atoms with Crippen LogP contribution in [0.5, 0.6) is 0 Å². The summed E-state index contributed by atoms with van der Waals surface area (Å²) in [5, 5.41) is 3.41. The van der Waals surface area contributed by atoms with E-state index in [1.807, 2.05) is 0 Å². The predicted octanol–water partition coefficient (Wildman–Crippen LogP) is 1.79. The highest BCUT2D eigenvalue weighted by Crippen LogP contribution is 2.26. The monoisotopic (exact) mass is 253 g/mol. The summed E-state index contributed by atoms with van der Waals surface area (Å²) in [7, 11) is 2.07. The van der Waals surface area contributed by atoms with E-state index in [1.54, 1.807) is 0 Å². The average molecular weight is 253 g/mol. The average Bonchev–Trinajstić information content (AvgIpc) is 2.37. The molecule has 2 fully saturated rings. The highest BCUT2D eigenvalue weighted by molar-refractivity contribution is 4.89. The van der Waals surface area contributed by atoms with Crippen molar-refractivity contribution in [2.24, 2.45) is 5.41 Å². The van der Waals surface area contributed by atoms with Crippen LogP contribution in [0, 0.1) is 5.41 Å². The van der Waals surface area contributed by atoms with Gasteiger partial charge in [-0.3, -0.25) is 9.80 Å². The summed E-state index contributed by atoms with van der Waals surface area (Å²) in [6, 6.07) is 1.41. The number of fused-ring (bicyclic) bond motifs is 1. The van der Waals surface area contributed by atoms with Crippen molar-refractivity contribution in [1.82, 2.24) is 15.1 Å². The fraction of sp³-hybridized carbons (Fsp3) is 1.00. The van der Waals surface area contributed by atoms with Crippen LogP contribution in [0.3, 0.4) is 0 Å². The van der Waals surface area contributed by atoms with E-state index in [-0.39, 0.29) is 0 Å². The topological polar surface area (TPSA) is 18.5 Å². The molecule has 0 aromatic rings. The van der Waals surface area contributed by atoms with E-state index in [9.17, 15) is 0 Å². The molecule has 2 unspecified atom stereocenters. The van der Waals surface area contributed by atoms with E-state index in [0.29, 0.717) is 11.5 Å². The highest BCUT2D eigenvalue weighted by atomic mass is 15.3. The minimum atomic E-state index is 0.353. The summed E-state index contributed by atoms with van der Waals surface area (Å²) in [5.41, 5.74) is 0.353. The maximum Gasteiger partial charge on any atom is 0.0223 e. The summed E-state index contributed by atoms with van der Waals surface area (Å²) >= 11 is 0. The van der Waals surface area contributed by atoms with Crippen LogP contribution < -0.4 is 5.32 Å². The van der Waals surface area contributed by atoms with Crippen molar-refractivity contribution in [2.45, 2.75) is 52.1 Å². The Morgan fingerprint density at radius 2 is 2.00 bits per heavy atom. The molecule has 0 saturated carbocycles. The van der Waals surface area contributed by atoms with Gasteiger partial charge in [-0.15, -0.1) is 0 Å². The molecular weight excluding hydrogens is 222 g/mol. The van der Waals surface area contributed by atoms with E-state index in [4.69, 9.17) is 0 Å². The molecule has 2 heterocycles. The molecule has 106 valence electrons. The smallest absolute Gasteiger partial charge is 0.0223 e. The maximum atomic E-state index is 3.41. The summed E-state index contributed by atoms with van der Waals surface area (Å²) in [6.07, 6.45) is 4.27. The molecule has 3 nitrogen and oxygen atoms in total. The molecule has 0 aromatic carbocycles. The van der Waals surface area contributed by atoms with Crippen LogP contribution in [-0.4, -0.2) is 61.7 Å². The lowest BCUT2D eigenvalue weighted by Crippen LogP contribution is -2.57. The van der Waals surface area contributed by atoms with Gasteiger partial charge in [0.05, 0.1) is 0 Å². The zero-order valence-corrected chi connectivity index (χ0v) is 12.7. The molecule has 0 spiro atoms. The van der Waals surface area contributed by atoms with Gasteiger partial charge in [0.25, 0.3) is 0 Å². The van der Waals surface area contributed by atoms with Crippen molar-refractivity contribution in [2.75, 3.05) is 39.8 Å². The second-order valence-electron chi connectivity index (χ2n) is 6.92. The summed E-state index contributed by atoms with van der Waals surface area (Å²) in [5.74, 6) is 0. The first kappa shape index (κ1) is 14.3. The zero-order chi connectivity index (χ0) is 13.2. The summed E-state index contributed by atoms with van der Waals surface area (Å²) in [6.45, 7) is 13.5. The number of piperidine rings is 1. The maximum absolute atomic E-state index is 3.41. The molecular formula is C15H31N3. The van der Waals surface area contributed by atoms with Crippen LogP contribution in [-0.2, 0) is 0 Å². The minimum absolute atomic E-state index is 0.353. The number of hydrogen-bond acceptors (Lipinski definition) is 3. The van der Waals surface area contributed by atoms with E-state index in [1.165, 1.54) is 52.0 Å². The van der Waals surface area contributed by atoms with E-state index >= 15 is 0 Å². The van der Waals surface area contributed by atoms with Crippen LogP contribution in [0.4, 0.5) is 0 Å². The Labute approximate surface area is 113 Å². The van der Waals surface area contributed by atoms with E-state index in [2.05, 4.69) is 42.9 Å². The van der Waals surface area contributed by atoms with E-state index < -0.39 is 0 Å². The van der Waals surface area contributed by atoms with Gasteiger partial charge in [-0.1, -0.05) is 20.3 Å². The van der Waals surface area contributed by atoms with Gasteiger partial charge in [0.2, 0.25) is 0 Å². The third-order valence-corrected chi connectivity index (χ3v) is 5.16. The van der Waals surface area contributed by atoms with E-state index in [0.717, 1.165) is 6.04 Å². The predicted molar refractivity (Wildman–Crippen MR) is 78.0 cm³/mol. The van der Waals surface area contributed by atoms with Gasteiger partial charge >= 0.3 is 0 Å². The van der Waals surface area contributed by atoms with Gasteiger partial charge in [-0.25, -0.2) is 0 Å². The highest BCUT2D eigenvalue weighted by Gasteiger charge is 2.33. The molecule has 2 atom stereocenters. The Balaban J connectivity index is 1.87. The first-order valence-corrected chi connectivity index (χ1v) is 7.66. The number of rotatable bonds is 4. The lowest BCUT2D eigenvalue weighted by Gasteiger charge is -2.46. The molecule has 0 radical (unpaired) electrons. The Morgan fingerprint density at radius 1 is 1.22 bits per heavy atom. The number of piperazine rings is 1. The van der Waals surface area contributed by atoms with Gasteiger partial charge in [-0.2, -0.15) is 0 Å². The molecule has 2 aliphatic heterocycles.